The van der Waals surface area contributed by atoms with E-state index in [-0.39, 0.29) is 0 Å². The molecular formula is C18H18O3. The van der Waals surface area contributed by atoms with E-state index in [1.165, 1.54) is 5.56 Å². The van der Waals surface area contributed by atoms with Crippen molar-refractivity contribution in [2.45, 2.75) is 20.0 Å². The molecule has 2 rings (SSSR count). The molecule has 0 saturated heterocycles. The van der Waals surface area contributed by atoms with Gasteiger partial charge >= 0.3 is 5.97 Å². The molecule has 1 N–H and O–H groups in total. The lowest BCUT2D eigenvalue weighted by Crippen LogP contribution is -1.98. The van der Waals surface area contributed by atoms with Crippen LogP contribution in [0.25, 0.3) is 6.08 Å². The molecule has 0 amide bonds. The summed E-state index contributed by atoms with van der Waals surface area (Å²) >= 11 is 0. The van der Waals surface area contributed by atoms with Crippen LogP contribution in [0.4, 0.5) is 0 Å². The minimum Gasteiger partial charge on any atom is -0.489 e. The Morgan fingerprint density at radius 2 is 2.00 bits per heavy atom. The fraction of sp³-hybridized carbons (Fsp3) is 0.167. The lowest BCUT2D eigenvalue weighted by molar-refractivity contribution is -0.131. The van der Waals surface area contributed by atoms with Crippen LogP contribution in [0, 0.1) is 0 Å². The van der Waals surface area contributed by atoms with Crippen LogP contribution in [0.5, 0.6) is 5.75 Å². The molecule has 21 heavy (non-hydrogen) atoms. The maximum atomic E-state index is 10.6. The van der Waals surface area contributed by atoms with E-state index in [0.717, 1.165) is 29.4 Å². The fourth-order valence-electron chi connectivity index (χ4n) is 2.01. The van der Waals surface area contributed by atoms with Crippen LogP contribution in [-0.4, -0.2) is 11.1 Å². The van der Waals surface area contributed by atoms with Gasteiger partial charge in [-0.1, -0.05) is 43.3 Å². The molecule has 3 nitrogen and oxygen atoms in total. The minimum atomic E-state index is -0.957. The number of ether oxygens (including phenoxy) is 1. The highest BCUT2D eigenvalue weighted by atomic mass is 16.5. The summed E-state index contributed by atoms with van der Waals surface area (Å²) < 4.78 is 5.80. The molecule has 3 heteroatoms. The molecule has 0 fully saturated rings. The van der Waals surface area contributed by atoms with Crippen molar-refractivity contribution in [3.63, 3.8) is 0 Å². The summed E-state index contributed by atoms with van der Waals surface area (Å²) in [5, 5.41) is 8.71. The van der Waals surface area contributed by atoms with Crippen LogP contribution in [-0.2, 0) is 17.8 Å². The van der Waals surface area contributed by atoms with E-state index in [1.807, 2.05) is 42.5 Å². The Kier molecular flexibility index (Phi) is 5.16. The first-order chi connectivity index (χ1) is 10.2. The first-order valence-electron chi connectivity index (χ1n) is 6.89. The number of rotatable bonds is 6. The Balaban J connectivity index is 2.10. The van der Waals surface area contributed by atoms with E-state index in [9.17, 15) is 4.79 Å². The summed E-state index contributed by atoms with van der Waals surface area (Å²) in [6.45, 7) is 2.51. The van der Waals surface area contributed by atoms with Gasteiger partial charge in [-0.05, 0) is 41.3 Å². The van der Waals surface area contributed by atoms with Crippen molar-refractivity contribution < 1.29 is 14.6 Å². The lowest BCUT2D eigenvalue weighted by Gasteiger charge is -2.09. The Morgan fingerprint density at radius 3 is 2.76 bits per heavy atom. The zero-order valence-electron chi connectivity index (χ0n) is 12.0. The second-order valence-electron chi connectivity index (χ2n) is 4.66. The SMILES string of the molecule is CCc1cccc(OCc2ccccc2C=CC(=O)O)c1. The van der Waals surface area contributed by atoms with Gasteiger partial charge in [0.15, 0.2) is 0 Å². The fourth-order valence-corrected chi connectivity index (χ4v) is 2.01. The summed E-state index contributed by atoms with van der Waals surface area (Å²) in [4.78, 5) is 10.6. The average Bonchev–Trinajstić information content (AvgIpc) is 2.52. The summed E-state index contributed by atoms with van der Waals surface area (Å²) in [6, 6.07) is 15.6. The van der Waals surface area contributed by atoms with Crippen molar-refractivity contribution in [3.8, 4) is 5.75 Å². The van der Waals surface area contributed by atoms with Gasteiger partial charge in [0, 0.05) is 6.08 Å². The summed E-state index contributed by atoms with van der Waals surface area (Å²) in [5.74, 6) is -0.132. The first kappa shape index (κ1) is 14.9. The van der Waals surface area contributed by atoms with Crippen LogP contribution < -0.4 is 4.74 Å². The van der Waals surface area contributed by atoms with Crippen molar-refractivity contribution in [1.29, 1.82) is 0 Å². The zero-order chi connectivity index (χ0) is 15.1. The molecule has 0 aliphatic carbocycles. The monoisotopic (exact) mass is 282 g/mol. The van der Waals surface area contributed by atoms with Gasteiger partial charge in [-0.3, -0.25) is 0 Å². The molecule has 0 saturated carbocycles. The summed E-state index contributed by atoms with van der Waals surface area (Å²) in [6.07, 6.45) is 3.69. The van der Waals surface area contributed by atoms with Crippen LogP contribution in [0.1, 0.15) is 23.6 Å². The number of aryl methyl sites for hydroxylation is 1. The van der Waals surface area contributed by atoms with E-state index in [1.54, 1.807) is 6.08 Å². The largest absolute Gasteiger partial charge is 0.489 e. The Morgan fingerprint density at radius 1 is 1.19 bits per heavy atom. The van der Waals surface area contributed by atoms with Crippen molar-refractivity contribution in [2.75, 3.05) is 0 Å². The van der Waals surface area contributed by atoms with Gasteiger partial charge in [-0.2, -0.15) is 0 Å². The van der Waals surface area contributed by atoms with Crippen LogP contribution in [0.15, 0.2) is 54.6 Å². The van der Waals surface area contributed by atoms with Gasteiger partial charge in [0.2, 0.25) is 0 Å². The molecule has 2 aromatic carbocycles. The third-order valence-corrected chi connectivity index (χ3v) is 3.16. The van der Waals surface area contributed by atoms with E-state index in [2.05, 4.69) is 13.0 Å². The van der Waals surface area contributed by atoms with E-state index in [0.29, 0.717) is 6.61 Å². The molecule has 0 aliphatic rings. The van der Waals surface area contributed by atoms with Crippen molar-refractivity contribution in [1.82, 2.24) is 0 Å². The number of benzene rings is 2. The molecular weight excluding hydrogens is 264 g/mol. The highest BCUT2D eigenvalue weighted by Crippen LogP contribution is 2.17. The van der Waals surface area contributed by atoms with Crippen LogP contribution in [0.2, 0.25) is 0 Å². The number of carboxylic acids is 1. The van der Waals surface area contributed by atoms with Crippen molar-refractivity contribution >= 4 is 12.0 Å². The van der Waals surface area contributed by atoms with Crippen LogP contribution >= 0.6 is 0 Å². The molecule has 0 heterocycles. The first-order valence-corrected chi connectivity index (χ1v) is 6.89. The lowest BCUT2D eigenvalue weighted by atomic mass is 10.1. The van der Waals surface area contributed by atoms with Gasteiger partial charge in [0.1, 0.15) is 12.4 Å². The topological polar surface area (TPSA) is 46.5 Å². The Bertz CT molecular complexity index is 644. The third kappa shape index (κ3) is 4.49. The standard InChI is InChI=1S/C18H18O3/c1-2-14-6-5-9-17(12-14)21-13-16-8-4-3-7-15(16)10-11-18(19)20/h3-12H,2,13H2,1H3,(H,19,20). The maximum absolute atomic E-state index is 10.6. The smallest absolute Gasteiger partial charge is 0.328 e. The molecule has 0 unspecified atom stereocenters. The number of carboxylic acid groups (broad SMARTS) is 1. The van der Waals surface area contributed by atoms with E-state index < -0.39 is 5.97 Å². The predicted octanol–water partition coefficient (Wildman–Crippen LogP) is 3.93. The predicted molar refractivity (Wildman–Crippen MR) is 83.3 cm³/mol. The van der Waals surface area contributed by atoms with E-state index in [4.69, 9.17) is 9.84 Å². The van der Waals surface area contributed by atoms with Gasteiger partial charge < -0.3 is 9.84 Å². The van der Waals surface area contributed by atoms with Gasteiger partial charge in [-0.25, -0.2) is 4.79 Å². The Labute approximate surface area is 124 Å². The molecule has 108 valence electrons. The highest BCUT2D eigenvalue weighted by molar-refractivity contribution is 5.85. The normalized spacial score (nSPS) is 10.7. The average molecular weight is 282 g/mol. The highest BCUT2D eigenvalue weighted by Gasteiger charge is 2.02. The molecule has 0 bridgehead atoms. The van der Waals surface area contributed by atoms with Crippen molar-refractivity contribution in [2.24, 2.45) is 0 Å². The Hall–Kier alpha value is -2.55. The second kappa shape index (κ2) is 7.29. The number of carbonyl (C=O) groups is 1. The molecule has 0 spiro atoms. The molecule has 0 aliphatic heterocycles. The van der Waals surface area contributed by atoms with Gasteiger partial charge in [0.25, 0.3) is 0 Å². The maximum Gasteiger partial charge on any atom is 0.328 e. The summed E-state index contributed by atoms with van der Waals surface area (Å²) in [7, 11) is 0. The quantitative estimate of drug-likeness (QED) is 0.817. The molecule has 2 aromatic rings. The minimum absolute atomic E-state index is 0.410. The van der Waals surface area contributed by atoms with Crippen LogP contribution in [0.3, 0.4) is 0 Å². The number of hydrogen-bond donors (Lipinski definition) is 1. The van der Waals surface area contributed by atoms with Crippen molar-refractivity contribution in [3.05, 3.63) is 71.3 Å². The second-order valence-corrected chi connectivity index (χ2v) is 4.66. The molecule has 0 aromatic heterocycles. The van der Waals surface area contributed by atoms with Gasteiger partial charge in [0.05, 0.1) is 0 Å². The summed E-state index contributed by atoms with van der Waals surface area (Å²) in [5.41, 5.74) is 3.04. The van der Waals surface area contributed by atoms with Gasteiger partial charge in [-0.15, -0.1) is 0 Å². The molecule has 0 atom stereocenters. The molecule has 0 radical (unpaired) electrons. The zero-order valence-corrected chi connectivity index (χ0v) is 12.0. The number of aliphatic carboxylic acids is 1. The van der Waals surface area contributed by atoms with E-state index >= 15 is 0 Å². The third-order valence-electron chi connectivity index (χ3n) is 3.16. The number of hydrogen-bond acceptors (Lipinski definition) is 2.